The van der Waals surface area contributed by atoms with Gasteiger partial charge < -0.3 is 10.6 Å². The van der Waals surface area contributed by atoms with Gasteiger partial charge in [0.05, 0.1) is 12.2 Å². The molecule has 1 amide bonds. The fraction of sp³-hybridized carbons (Fsp3) is 0.0909. The zero-order chi connectivity index (χ0) is 19.9. The highest BCUT2D eigenvalue weighted by atomic mass is 35.5. The van der Waals surface area contributed by atoms with E-state index >= 15 is 0 Å². The van der Waals surface area contributed by atoms with Crippen LogP contribution < -0.4 is 10.6 Å². The smallest absolute Gasteiger partial charge is 0.238 e. The van der Waals surface area contributed by atoms with E-state index in [0.717, 1.165) is 0 Å². The summed E-state index contributed by atoms with van der Waals surface area (Å²) in [6.07, 6.45) is 0. The van der Waals surface area contributed by atoms with Crippen molar-refractivity contribution in [3.8, 4) is 0 Å². The van der Waals surface area contributed by atoms with Crippen LogP contribution in [0.25, 0.3) is 0 Å². The van der Waals surface area contributed by atoms with E-state index in [1.165, 1.54) is 12.1 Å². The Balaban J connectivity index is 1.67. The summed E-state index contributed by atoms with van der Waals surface area (Å²) >= 11 is 6.04. The van der Waals surface area contributed by atoms with Crippen LogP contribution in [0.1, 0.15) is 21.5 Å². The number of amides is 1. The third-order valence-electron chi connectivity index (χ3n) is 4.10. The lowest BCUT2D eigenvalue weighted by Crippen LogP contribution is -2.28. The van der Waals surface area contributed by atoms with Gasteiger partial charge in [0.15, 0.2) is 5.78 Å². The van der Waals surface area contributed by atoms with Gasteiger partial charge in [-0.05, 0) is 24.3 Å². The number of nitrogens with one attached hydrogen (secondary N) is 2. The van der Waals surface area contributed by atoms with E-state index in [9.17, 15) is 14.0 Å². The maximum atomic E-state index is 13.6. The number of hydrogen-bond donors (Lipinski definition) is 2. The number of benzene rings is 3. The number of rotatable bonds is 7. The molecule has 0 atom stereocenters. The lowest BCUT2D eigenvalue weighted by molar-refractivity contribution is -0.115. The van der Waals surface area contributed by atoms with Crippen LogP contribution in [0.5, 0.6) is 0 Å². The van der Waals surface area contributed by atoms with E-state index in [1.807, 2.05) is 6.07 Å². The summed E-state index contributed by atoms with van der Waals surface area (Å²) in [5.41, 5.74) is 1.65. The number of carbonyl (C=O) groups is 2. The van der Waals surface area contributed by atoms with Crippen molar-refractivity contribution in [3.63, 3.8) is 0 Å². The summed E-state index contributed by atoms with van der Waals surface area (Å²) in [5, 5.41) is 6.00. The Labute approximate surface area is 167 Å². The Hall–Kier alpha value is -3.02. The van der Waals surface area contributed by atoms with Gasteiger partial charge in [-0.1, -0.05) is 60.1 Å². The van der Waals surface area contributed by atoms with Gasteiger partial charge in [-0.25, -0.2) is 4.39 Å². The van der Waals surface area contributed by atoms with Gasteiger partial charge >= 0.3 is 0 Å². The first-order valence-electron chi connectivity index (χ1n) is 8.68. The summed E-state index contributed by atoms with van der Waals surface area (Å²) in [5.74, 6) is -0.914. The van der Waals surface area contributed by atoms with Crippen LogP contribution in [0.2, 0.25) is 5.02 Å². The molecule has 0 aromatic heterocycles. The van der Waals surface area contributed by atoms with Crippen LogP contribution >= 0.6 is 11.6 Å². The zero-order valence-electron chi connectivity index (χ0n) is 14.9. The summed E-state index contributed by atoms with van der Waals surface area (Å²) in [6, 6.07) is 19.8. The number of ketones is 1. The molecule has 0 saturated carbocycles. The molecular formula is C22H18ClFN2O2. The average molecular weight is 397 g/mol. The molecule has 0 saturated heterocycles. The van der Waals surface area contributed by atoms with Crippen molar-refractivity contribution in [3.05, 3.63) is 100 Å². The molecule has 3 aromatic carbocycles. The van der Waals surface area contributed by atoms with Crippen molar-refractivity contribution in [2.45, 2.75) is 6.54 Å². The third kappa shape index (κ3) is 5.03. The summed E-state index contributed by atoms with van der Waals surface area (Å²) in [6.45, 7) is 0.187. The Morgan fingerprint density at radius 2 is 1.64 bits per heavy atom. The summed E-state index contributed by atoms with van der Waals surface area (Å²) < 4.78 is 13.6. The number of anilines is 1. The molecule has 6 heteroatoms. The highest BCUT2D eigenvalue weighted by molar-refractivity contribution is 6.31. The Morgan fingerprint density at radius 3 is 2.39 bits per heavy atom. The molecule has 0 unspecified atom stereocenters. The number of hydrogen-bond acceptors (Lipinski definition) is 3. The minimum absolute atomic E-state index is 0.0318. The second-order valence-corrected chi connectivity index (χ2v) is 6.56. The molecule has 2 N–H and O–H groups in total. The molecule has 0 aliphatic carbocycles. The molecule has 0 spiro atoms. The molecule has 0 radical (unpaired) electrons. The van der Waals surface area contributed by atoms with Crippen LogP contribution in [0, 0.1) is 5.82 Å². The van der Waals surface area contributed by atoms with Gasteiger partial charge in [-0.2, -0.15) is 0 Å². The normalized spacial score (nSPS) is 10.5. The maximum Gasteiger partial charge on any atom is 0.238 e. The minimum atomic E-state index is -0.347. The van der Waals surface area contributed by atoms with Gasteiger partial charge in [0.25, 0.3) is 0 Å². The minimum Gasteiger partial charge on any atom is -0.324 e. The van der Waals surface area contributed by atoms with E-state index in [0.29, 0.717) is 27.4 Å². The quantitative estimate of drug-likeness (QED) is 0.580. The van der Waals surface area contributed by atoms with E-state index in [-0.39, 0.29) is 30.6 Å². The molecule has 3 aromatic rings. The SMILES string of the molecule is O=C(CNCc1ccccc1F)Nc1ccc(Cl)cc1C(=O)c1ccccc1. The van der Waals surface area contributed by atoms with Gasteiger partial charge in [0, 0.05) is 28.3 Å². The maximum absolute atomic E-state index is 13.6. The van der Waals surface area contributed by atoms with Crippen molar-refractivity contribution < 1.29 is 14.0 Å². The van der Waals surface area contributed by atoms with Crippen molar-refractivity contribution in [1.29, 1.82) is 0 Å². The second-order valence-electron chi connectivity index (χ2n) is 6.13. The van der Waals surface area contributed by atoms with Crippen molar-refractivity contribution >= 4 is 29.0 Å². The molecule has 0 fully saturated rings. The number of halogens is 2. The van der Waals surface area contributed by atoms with Crippen molar-refractivity contribution in [2.75, 3.05) is 11.9 Å². The van der Waals surface area contributed by atoms with Crippen molar-refractivity contribution in [2.24, 2.45) is 0 Å². The molecule has 4 nitrogen and oxygen atoms in total. The molecule has 0 heterocycles. The fourth-order valence-electron chi connectivity index (χ4n) is 2.71. The number of carbonyl (C=O) groups excluding carboxylic acids is 2. The van der Waals surface area contributed by atoms with E-state index < -0.39 is 0 Å². The molecule has 0 aliphatic heterocycles. The third-order valence-corrected chi connectivity index (χ3v) is 4.33. The first-order chi connectivity index (χ1) is 13.5. The Kier molecular flexibility index (Phi) is 6.53. The Morgan fingerprint density at radius 1 is 0.929 bits per heavy atom. The van der Waals surface area contributed by atoms with Gasteiger partial charge in [0.2, 0.25) is 5.91 Å². The van der Waals surface area contributed by atoms with Crippen molar-refractivity contribution in [1.82, 2.24) is 5.32 Å². The topological polar surface area (TPSA) is 58.2 Å². The monoisotopic (exact) mass is 396 g/mol. The predicted octanol–water partition coefficient (Wildman–Crippen LogP) is 4.44. The van der Waals surface area contributed by atoms with Gasteiger partial charge in [-0.15, -0.1) is 0 Å². The standard InChI is InChI=1S/C22H18ClFN2O2/c23-17-10-11-20(18(12-17)22(28)15-6-2-1-3-7-15)26-21(27)14-25-13-16-8-4-5-9-19(16)24/h1-12,25H,13-14H2,(H,26,27). The molecule has 28 heavy (non-hydrogen) atoms. The predicted molar refractivity (Wildman–Crippen MR) is 108 cm³/mol. The second kappa shape index (κ2) is 9.26. The molecule has 3 rings (SSSR count). The molecular weight excluding hydrogens is 379 g/mol. The fourth-order valence-corrected chi connectivity index (χ4v) is 2.88. The zero-order valence-corrected chi connectivity index (χ0v) is 15.7. The lowest BCUT2D eigenvalue weighted by Gasteiger charge is -2.12. The lowest BCUT2D eigenvalue weighted by atomic mass is 10.0. The van der Waals surface area contributed by atoms with E-state index in [1.54, 1.807) is 54.6 Å². The Bertz CT molecular complexity index is 993. The highest BCUT2D eigenvalue weighted by Crippen LogP contribution is 2.23. The largest absolute Gasteiger partial charge is 0.324 e. The van der Waals surface area contributed by atoms with Gasteiger partial charge in [-0.3, -0.25) is 9.59 Å². The van der Waals surface area contributed by atoms with E-state index in [2.05, 4.69) is 10.6 Å². The molecule has 142 valence electrons. The molecule has 0 bridgehead atoms. The first-order valence-corrected chi connectivity index (χ1v) is 9.05. The first kappa shape index (κ1) is 19.7. The van der Waals surface area contributed by atoms with Crippen LogP contribution in [0.4, 0.5) is 10.1 Å². The van der Waals surface area contributed by atoms with Crippen LogP contribution in [0.3, 0.4) is 0 Å². The highest BCUT2D eigenvalue weighted by Gasteiger charge is 2.16. The molecule has 0 aliphatic rings. The van der Waals surface area contributed by atoms with Crippen LogP contribution in [-0.4, -0.2) is 18.2 Å². The van der Waals surface area contributed by atoms with Crippen LogP contribution in [0.15, 0.2) is 72.8 Å². The van der Waals surface area contributed by atoms with Gasteiger partial charge in [0.1, 0.15) is 5.82 Å². The van der Waals surface area contributed by atoms with Crippen LogP contribution in [-0.2, 0) is 11.3 Å². The van der Waals surface area contributed by atoms with E-state index in [4.69, 9.17) is 11.6 Å². The summed E-state index contributed by atoms with van der Waals surface area (Å²) in [4.78, 5) is 25.0. The average Bonchev–Trinajstić information content (AvgIpc) is 2.71. The summed E-state index contributed by atoms with van der Waals surface area (Å²) in [7, 11) is 0.